The normalized spacial score (nSPS) is 16.9. The van der Waals surface area contributed by atoms with Crippen molar-refractivity contribution < 1.29 is 19.0 Å². The van der Waals surface area contributed by atoms with E-state index in [0.29, 0.717) is 36.0 Å². The number of carboxylic acid groups (broad SMARTS) is 1. The van der Waals surface area contributed by atoms with Crippen molar-refractivity contribution in [2.45, 2.75) is 18.9 Å². The Morgan fingerprint density at radius 3 is 2.48 bits per heavy atom. The summed E-state index contributed by atoms with van der Waals surface area (Å²) in [7, 11) is 1.42. The molecule has 1 heterocycles. The first kappa shape index (κ1) is 19.9. The van der Waals surface area contributed by atoms with E-state index < -0.39 is 11.8 Å². The highest BCUT2D eigenvalue weighted by Gasteiger charge is 2.31. The van der Waals surface area contributed by atoms with Gasteiger partial charge in [-0.1, -0.05) is 35.3 Å². The van der Waals surface area contributed by atoms with Gasteiger partial charge in [0.2, 0.25) is 0 Å². The molecule has 144 valence electrons. The number of hydrogen-bond acceptors (Lipinski definition) is 3. The molecule has 0 bridgehead atoms. The largest absolute Gasteiger partial charge is 0.494 e. The summed E-state index contributed by atoms with van der Waals surface area (Å²) in [5, 5.41) is 10.3. The van der Waals surface area contributed by atoms with Crippen LogP contribution in [0.25, 0.3) is 0 Å². The van der Waals surface area contributed by atoms with Crippen LogP contribution in [0.15, 0.2) is 36.4 Å². The fraction of sp³-hybridized carbons (Fsp3) is 0.350. The van der Waals surface area contributed by atoms with Gasteiger partial charge in [0.1, 0.15) is 0 Å². The van der Waals surface area contributed by atoms with Gasteiger partial charge >= 0.3 is 5.97 Å². The molecule has 0 aromatic heterocycles. The van der Waals surface area contributed by atoms with E-state index in [0.717, 1.165) is 11.1 Å². The highest BCUT2D eigenvalue weighted by atomic mass is 35.5. The number of halogens is 3. The maximum absolute atomic E-state index is 14.4. The van der Waals surface area contributed by atoms with Crippen LogP contribution in [-0.2, 0) is 4.79 Å². The number of nitrogens with zero attached hydrogens (tertiary/aromatic N) is 1. The first-order chi connectivity index (χ1) is 12.9. The summed E-state index contributed by atoms with van der Waals surface area (Å²) in [6.07, 6.45) is 1.07. The number of rotatable bonds is 5. The van der Waals surface area contributed by atoms with Crippen molar-refractivity contribution in [1.82, 2.24) is 4.90 Å². The molecule has 0 spiro atoms. The Balaban J connectivity index is 1.99. The first-order valence-electron chi connectivity index (χ1n) is 8.66. The highest BCUT2D eigenvalue weighted by Crippen LogP contribution is 2.38. The molecule has 1 N–H and O–H groups in total. The molecule has 3 rings (SSSR count). The Morgan fingerprint density at radius 1 is 1.22 bits per heavy atom. The average Bonchev–Trinajstić information content (AvgIpc) is 2.64. The monoisotopic (exact) mass is 411 g/mol. The minimum absolute atomic E-state index is 0.171. The summed E-state index contributed by atoms with van der Waals surface area (Å²) >= 11 is 12.5. The fourth-order valence-electron chi connectivity index (χ4n) is 3.57. The lowest BCUT2D eigenvalue weighted by Gasteiger charge is -2.37. The molecule has 0 aliphatic carbocycles. The lowest BCUT2D eigenvalue weighted by atomic mass is 9.91. The molecule has 1 atom stereocenters. The second-order valence-electron chi connectivity index (χ2n) is 6.61. The van der Waals surface area contributed by atoms with Crippen molar-refractivity contribution in [2.24, 2.45) is 5.92 Å². The Bertz CT molecular complexity index is 838. The van der Waals surface area contributed by atoms with Gasteiger partial charge in [-0.25, -0.2) is 4.39 Å². The van der Waals surface area contributed by atoms with Gasteiger partial charge < -0.3 is 9.84 Å². The molecule has 1 aliphatic heterocycles. The van der Waals surface area contributed by atoms with Gasteiger partial charge in [-0.15, -0.1) is 0 Å². The van der Waals surface area contributed by atoms with Crippen molar-refractivity contribution >= 4 is 29.2 Å². The number of hydrogen-bond donors (Lipinski definition) is 1. The van der Waals surface area contributed by atoms with E-state index in [4.69, 9.17) is 27.9 Å². The second kappa shape index (κ2) is 8.46. The smallest absolute Gasteiger partial charge is 0.306 e. The van der Waals surface area contributed by atoms with Crippen LogP contribution < -0.4 is 4.74 Å². The van der Waals surface area contributed by atoms with Gasteiger partial charge in [0, 0.05) is 10.0 Å². The highest BCUT2D eigenvalue weighted by molar-refractivity contribution is 6.35. The lowest BCUT2D eigenvalue weighted by Crippen LogP contribution is -2.39. The van der Waals surface area contributed by atoms with Crippen LogP contribution in [0.3, 0.4) is 0 Å². The summed E-state index contributed by atoms with van der Waals surface area (Å²) in [4.78, 5) is 13.4. The number of piperidine rings is 1. The molecular weight excluding hydrogens is 392 g/mol. The molecule has 1 aliphatic rings. The molecule has 0 saturated carbocycles. The molecule has 1 unspecified atom stereocenters. The van der Waals surface area contributed by atoms with Gasteiger partial charge in [-0.2, -0.15) is 0 Å². The van der Waals surface area contributed by atoms with Crippen molar-refractivity contribution in [1.29, 1.82) is 0 Å². The fourth-order valence-corrected chi connectivity index (χ4v) is 4.08. The van der Waals surface area contributed by atoms with Crippen molar-refractivity contribution in [3.05, 3.63) is 63.4 Å². The molecule has 0 amide bonds. The second-order valence-corrected chi connectivity index (χ2v) is 7.45. The molecule has 0 radical (unpaired) electrons. The van der Waals surface area contributed by atoms with Crippen molar-refractivity contribution in [2.75, 3.05) is 20.2 Å². The van der Waals surface area contributed by atoms with Gasteiger partial charge in [0.05, 0.1) is 19.1 Å². The van der Waals surface area contributed by atoms with E-state index in [1.807, 2.05) is 6.07 Å². The van der Waals surface area contributed by atoms with E-state index in [1.165, 1.54) is 13.2 Å². The van der Waals surface area contributed by atoms with Gasteiger partial charge in [-0.3, -0.25) is 9.69 Å². The molecule has 2 aromatic rings. The first-order valence-corrected chi connectivity index (χ1v) is 9.41. The zero-order chi connectivity index (χ0) is 19.6. The summed E-state index contributed by atoms with van der Waals surface area (Å²) < 4.78 is 19.4. The minimum Gasteiger partial charge on any atom is -0.494 e. The third kappa shape index (κ3) is 4.37. The Kier molecular flexibility index (Phi) is 6.25. The maximum Gasteiger partial charge on any atom is 0.306 e. The number of likely N-dealkylation sites (tertiary alicyclic amines) is 1. The van der Waals surface area contributed by atoms with Crippen LogP contribution in [0, 0.1) is 11.7 Å². The molecule has 7 heteroatoms. The maximum atomic E-state index is 14.4. The van der Waals surface area contributed by atoms with Crippen LogP contribution in [0.1, 0.15) is 30.0 Å². The number of ether oxygens (including phenoxy) is 1. The van der Waals surface area contributed by atoms with Crippen LogP contribution in [-0.4, -0.2) is 36.2 Å². The Hall–Kier alpha value is -1.82. The van der Waals surface area contributed by atoms with Gasteiger partial charge in [-0.05, 0) is 61.3 Å². The van der Waals surface area contributed by atoms with Crippen molar-refractivity contribution in [3.8, 4) is 5.75 Å². The molecule has 27 heavy (non-hydrogen) atoms. The Morgan fingerprint density at radius 2 is 1.93 bits per heavy atom. The van der Waals surface area contributed by atoms with Crippen LogP contribution in [0.4, 0.5) is 4.39 Å². The van der Waals surface area contributed by atoms with Crippen LogP contribution in [0.5, 0.6) is 5.75 Å². The number of aliphatic carboxylic acids is 1. The quantitative estimate of drug-likeness (QED) is 0.749. The van der Waals surface area contributed by atoms with Gasteiger partial charge in [0.25, 0.3) is 0 Å². The van der Waals surface area contributed by atoms with Crippen LogP contribution in [0.2, 0.25) is 10.0 Å². The summed E-state index contributed by atoms with van der Waals surface area (Å²) in [5.74, 6) is -1.41. The predicted octanol–water partition coefficient (Wildman–Crippen LogP) is 5.03. The zero-order valence-corrected chi connectivity index (χ0v) is 16.3. The van der Waals surface area contributed by atoms with E-state index >= 15 is 0 Å². The number of benzene rings is 2. The lowest BCUT2D eigenvalue weighted by molar-refractivity contribution is -0.143. The standard InChI is InChI=1S/C20H20Cl2FNO3/c1-27-18-5-2-13(10-17(18)23)19(15-4-3-14(21)11-16(15)22)24-8-6-12(7-9-24)20(25)26/h2-5,10-12,19H,6-9H2,1H3,(H,25,26). The van der Waals surface area contributed by atoms with Gasteiger partial charge in [0.15, 0.2) is 11.6 Å². The topological polar surface area (TPSA) is 49.8 Å². The predicted molar refractivity (Wildman–Crippen MR) is 103 cm³/mol. The Labute approximate surface area is 167 Å². The molecule has 1 saturated heterocycles. The summed E-state index contributed by atoms with van der Waals surface area (Å²) in [6, 6.07) is 9.78. The van der Waals surface area contributed by atoms with E-state index in [2.05, 4.69) is 4.90 Å². The van der Waals surface area contributed by atoms with E-state index in [9.17, 15) is 14.3 Å². The average molecular weight is 412 g/mol. The summed E-state index contributed by atoms with van der Waals surface area (Å²) in [6.45, 7) is 1.16. The number of carbonyl (C=O) groups is 1. The minimum atomic E-state index is -0.772. The SMILES string of the molecule is COc1ccc(C(c2ccc(Cl)cc2Cl)N2CCC(C(=O)O)CC2)cc1F. The molecule has 1 fully saturated rings. The van der Waals surface area contributed by atoms with E-state index in [1.54, 1.807) is 24.3 Å². The zero-order valence-electron chi connectivity index (χ0n) is 14.8. The van der Waals surface area contributed by atoms with E-state index in [-0.39, 0.29) is 17.7 Å². The third-order valence-electron chi connectivity index (χ3n) is 4.99. The molecular formula is C20H20Cl2FNO3. The molecule has 2 aromatic carbocycles. The summed E-state index contributed by atoms with van der Waals surface area (Å²) in [5.41, 5.74) is 1.53. The molecule has 4 nitrogen and oxygen atoms in total. The number of carboxylic acids is 1. The van der Waals surface area contributed by atoms with Crippen LogP contribution >= 0.6 is 23.2 Å². The third-order valence-corrected chi connectivity index (χ3v) is 5.56. The number of methoxy groups -OCH3 is 1. The van der Waals surface area contributed by atoms with Crippen molar-refractivity contribution in [3.63, 3.8) is 0 Å².